The van der Waals surface area contributed by atoms with Gasteiger partial charge in [0, 0.05) is 28.8 Å². The maximum absolute atomic E-state index is 13.8. The molecule has 94 valence electrons. The number of para-hydroxylation sites is 1. The lowest BCUT2D eigenvalue weighted by Gasteiger charge is -2.06. The van der Waals surface area contributed by atoms with Crippen LogP contribution in [-0.2, 0) is 0 Å². The Kier molecular flexibility index (Phi) is 2.63. The van der Waals surface area contributed by atoms with Crippen LogP contribution in [0.4, 0.5) is 14.5 Å². The molecule has 0 atom stereocenters. The van der Waals surface area contributed by atoms with Crippen molar-refractivity contribution in [3.63, 3.8) is 0 Å². The third-order valence-corrected chi connectivity index (χ3v) is 2.99. The predicted octanol–water partition coefficient (Wildman–Crippen LogP) is 3.76. The first-order chi connectivity index (χ1) is 9.15. The summed E-state index contributed by atoms with van der Waals surface area (Å²) in [7, 11) is 0. The van der Waals surface area contributed by atoms with Crippen molar-refractivity contribution in [1.29, 1.82) is 0 Å². The Morgan fingerprint density at radius 2 is 1.74 bits per heavy atom. The molecule has 0 unspecified atom stereocenters. The van der Waals surface area contributed by atoms with Crippen LogP contribution in [0.3, 0.4) is 0 Å². The Hall–Kier alpha value is -2.49. The SMILES string of the molecule is Nc1cc(F)c(-c2cnc3ccccc3c2)cc1F. The summed E-state index contributed by atoms with van der Waals surface area (Å²) in [4.78, 5) is 4.23. The molecule has 0 bridgehead atoms. The Balaban J connectivity index is 2.21. The summed E-state index contributed by atoms with van der Waals surface area (Å²) >= 11 is 0. The number of halogens is 2. The van der Waals surface area contributed by atoms with Crippen LogP contribution in [0.15, 0.2) is 48.7 Å². The van der Waals surface area contributed by atoms with E-state index in [0.29, 0.717) is 5.56 Å². The highest BCUT2D eigenvalue weighted by molar-refractivity contribution is 5.83. The molecule has 2 nitrogen and oxygen atoms in total. The maximum atomic E-state index is 13.8. The van der Waals surface area contributed by atoms with Crippen LogP contribution in [-0.4, -0.2) is 4.98 Å². The van der Waals surface area contributed by atoms with Gasteiger partial charge in [-0.1, -0.05) is 18.2 Å². The molecular weight excluding hydrogens is 246 g/mol. The standard InChI is InChI=1S/C15H10F2N2/c16-12-7-14(18)13(17)6-11(12)10-5-9-3-1-2-4-15(9)19-8-10/h1-8H,18H2. The van der Waals surface area contributed by atoms with E-state index in [1.807, 2.05) is 24.3 Å². The van der Waals surface area contributed by atoms with Crippen LogP contribution in [0.1, 0.15) is 0 Å². The lowest BCUT2D eigenvalue weighted by atomic mass is 10.0. The van der Waals surface area contributed by atoms with E-state index in [0.717, 1.165) is 23.0 Å². The number of anilines is 1. The van der Waals surface area contributed by atoms with E-state index in [2.05, 4.69) is 4.98 Å². The lowest BCUT2D eigenvalue weighted by molar-refractivity contribution is 0.607. The van der Waals surface area contributed by atoms with Gasteiger partial charge in [0.1, 0.15) is 11.6 Å². The third kappa shape index (κ3) is 2.01. The second kappa shape index (κ2) is 4.31. The molecule has 0 aliphatic heterocycles. The van der Waals surface area contributed by atoms with Crippen molar-refractivity contribution >= 4 is 16.6 Å². The molecule has 2 N–H and O–H groups in total. The minimum atomic E-state index is -0.635. The van der Waals surface area contributed by atoms with Crippen molar-refractivity contribution in [1.82, 2.24) is 4.98 Å². The third-order valence-electron chi connectivity index (χ3n) is 2.99. The highest BCUT2D eigenvalue weighted by Crippen LogP contribution is 2.28. The zero-order valence-electron chi connectivity index (χ0n) is 9.90. The zero-order valence-corrected chi connectivity index (χ0v) is 9.90. The Morgan fingerprint density at radius 3 is 2.58 bits per heavy atom. The zero-order chi connectivity index (χ0) is 13.4. The van der Waals surface area contributed by atoms with Crippen LogP contribution in [0.25, 0.3) is 22.0 Å². The molecule has 0 saturated heterocycles. The molecule has 0 spiro atoms. The Labute approximate surface area is 108 Å². The number of nitrogens with two attached hydrogens (primary N) is 1. The van der Waals surface area contributed by atoms with Gasteiger partial charge < -0.3 is 5.73 Å². The molecule has 0 radical (unpaired) electrons. The maximum Gasteiger partial charge on any atom is 0.146 e. The number of hydrogen-bond acceptors (Lipinski definition) is 2. The fourth-order valence-electron chi connectivity index (χ4n) is 2.00. The van der Waals surface area contributed by atoms with Gasteiger partial charge >= 0.3 is 0 Å². The molecule has 0 fully saturated rings. The topological polar surface area (TPSA) is 38.9 Å². The van der Waals surface area contributed by atoms with E-state index in [1.165, 1.54) is 6.20 Å². The minimum absolute atomic E-state index is 0.157. The van der Waals surface area contributed by atoms with Crippen molar-refractivity contribution < 1.29 is 8.78 Å². The first-order valence-electron chi connectivity index (χ1n) is 5.75. The lowest BCUT2D eigenvalue weighted by Crippen LogP contribution is -1.95. The van der Waals surface area contributed by atoms with Crippen molar-refractivity contribution in [3.8, 4) is 11.1 Å². The second-order valence-corrected chi connectivity index (χ2v) is 4.27. The molecule has 3 rings (SSSR count). The molecule has 3 aromatic rings. The highest BCUT2D eigenvalue weighted by Gasteiger charge is 2.10. The fraction of sp³-hybridized carbons (Fsp3) is 0. The number of fused-ring (bicyclic) bond motifs is 1. The Bertz CT molecular complexity index is 769. The number of rotatable bonds is 1. The number of hydrogen-bond donors (Lipinski definition) is 1. The summed E-state index contributed by atoms with van der Waals surface area (Å²) in [6.07, 6.45) is 1.52. The van der Waals surface area contributed by atoms with Gasteiger partial charge in [-0.2, -0.15) is 0 Å². The van der Waals surface area contributed by atoms with Crippen LogP contribution in [0.2, 0.25) is 0 Å². The van der Waals surface area contributed by atoms with Gasteiger partial charge in [-0.25, -0.2) is 8.78 Å². The normalized spacial score (nSPS) is 10.8. The molecule has 0 amide bonds. The average Bonchev–Trinajstić information content (AvgIpc) is 2.42. The first kappa shape index (κ1) is 11.6. The molecule has 1 aromatic heterocycles. The summed E-state index contributed by atoms with van der Waals surface area (Å²) in [6, 6.07) is 11.3. The van der Waals surface area contributed by atoms with E-state index >= 15 is 0 Å². The van der Waals surface area contributed by atoms with Crippen LogP contribution < -0.4 is 5.73 Å². The van der Waals surface area contributed by atoms with Crippen LogP contribution >= 0.6 is 0 Å². The summed E-state index contributed by atoms with van der Waals surface area (Å²) in [5.74, 6) is -1.19. The number of aromatic nitrogens is 1. The number of nitrogen functional groups attached to an aromatic ring is 1. The van der Waals surface area contributed by atoms with Crippen LogP contribution in [0.5, 0.6) is 0 Å². The molecule has 2 aromatic carbocycles. The van der Waals surface area contributed by atoms with E-state index in [1.54, 1.807) is 6.07 Å². The quantitative estimate of drug-likeness (QED) is 0.673. The molecule has 19 heavy (non-hydrogen) atoms. The highest BCUT2D eigenvalue weighted by atomic mass is 19.1. The number of benzene rings is 2. The number of nitrogens with zero attached hydrogens (tertiary/aromatic N) is 1. The molecular formula is C15H10F2N2. The van der Waals surface area contributed by atoms with Crippen molar-refractivity contribution in [2.45, 2.75) is 0 Å². The second-order valence-electron chi connectivity index (χ2n) is 4.27. The van der Waals surface area contributed by atoms with Gasteiger partial charge in [-0.3, -0.25) is 4.98 Å². The Morgan fingerprint density at radius 1 is 0.947 bits per heavy atom. The van der Waals surface area contributed by atoms with Gasteiger partial charge in [0.25, 0.3) is 0 Å². The fourth-order valence-corrected chi connectivity index (χ4v) is 2.00. The minimum Gasteiger partial charge on any atom is -0.396 e. The number of pyridine rings is 1. The van der Waals surface area contributed by atoms with Crippen molar-refractivity contribution in [3.05, 3.63) is 60.3 Å². The van der Waals surface area contributed by atoms with Crippen molar-refractivity contribution in [2.75, 3.05) is 5.73 Å². The van der Waals surface area contributed by atoms with E-state index < -0.39 is 11.6 Å². The molecule has 0 aliphatic rings. The molecule has 0 saturated carbocycles. The van der Waals surface area contributed by atoms with E-state index in [-0.39, 0.29) is 11.3 Å². The summed E-state index contributed by atoms with van der Waals surface area (Å²) in [5, 5.41) is 0.872. The van der Waals surface area contributed by atoms with Crippen molar-refractivity contribution in [2.24, 2.45) is 0 Å². The first-order valence-corrected chi connectivity index (χ1v) is 5.75. The average molecular weight is 256 g/mol. The summed E-state index contributed by atoms with van der Waals surface area (Å²) < 4.78 is 27.3. The molecule has 0 aliphatic carbocycles. The van der Waals surface area contributed by atoms with E-state index in [4.69, 9.17) is 5.73 Å². The monoisotopic (exact) mass is 256 g/mol. The predicted molar refractivity (Wildman–Crippen MR) is 71.5 cm³/mol. The van der Waals surface area contributed by atoms with Gasteiger partial charge in [0.15, 0.2) is 0 Å². The largest absolute Gasteiger partial charge is 0.396 e. The summed E-state index contributed by atoms with van der Waals surface area (Å²) in [5.41, 5.74) is 6.62. The smallest absolute Gasteiger partial charge is 0.146 e. The van der Waals surface area contributed by atoms with Gasteiger partial charge in [0.05, 0.1) is 11.2 Å². The van der Waals surface area contributed by atoms with Gasteiger partial charge in [-0.15, -0.1) is 0 Å². The molecule has 4 heteroatoms. The summed E-state index contributed by atoms with van der Waals surface area (Å²) in [6.45, 7) is 0. The van der Waals surface area contributed by atoms with E-state index in [9.17, 15) is 8.78 Å². The molecule has 1 heterocycles. The van der Waals surface area contributed by atoms with Gasteiger partial charge in [-0.05, 0) is 18.2 Å². The van der Waals surface area contributed by atoms with Gasteiger partial charge in [0.2, 0.25) is 0 Å². The van der Waals surface area contributed by atoms with Crippen LogP contribution in [0, 0.1) is 11.6 Å².